The summed E-state index contributed by atoms with van der Waals surface area (Å²) in [6, 6.07) is 8.25. The molecule has 0 spiro atoms. The Hall–Kier alpha value is -2.34. The number of likely N-dealkylation sites (N-methyl/N-ethyl adjacent to an activating group) is 1. The molecule has 1 atom stereocenters. The van der Waals surface area contributed by atoms with E-state index in [9.17, 15) is 4.79 Å². The number of benzene rings is 1. The van der Waals surface area contributed by atoms with Gasteiger partial charge < -0.3 is 15.5 Å². The zero-order valence-electron chi connectivity index (χ0n) is 13.5. The topological polar surface area (TPSA) is 73.0 Å². The molecule has 22 heavy (non-hydrogen) atoms. The number of carbonyl (C=O) groups is 1. The lowest BCUT2D eigenvalue weighted by molar-refractivity contribution is 0.243. The summed E-state index contributed by atoms with van der Waals surface area (Å²) in [5.74, 6) is 0. The van der Waals surface area contributed by atoms with Crippen LogP contribution in [0.2, 0.25) is 0 Å². The van der Waals surface area contributed by atoms with Crippen LogP contribution in [-0.2, 0) is 0 Å². The maximum absolute atomic E-state index is 12.0. The van der Waals surface area contributed by atoms with Gasteiger partial charge in [-0.3, -0.25) is 5.10 Å². The van der Waals surface area contributed by atoms with Crippen LogP contribution in [0.3, 0.4) is 0 Å². The van der Waals surface area contributed by atoms with E-state index in [1.165, 1.54) is 11.1 Å². The Bertz CT molecular complexity index is 618. The van der Waals surface area contributed by atoms with Crippen molar-refractivity contribution in [2.24, 2.45) is 0 Å². The van der Waals surface area contributed by atoms with Crippen molar-refractivity contribution in [1.29, 1.82) is 0 Å². The minimum Gasteiger partial charge on any atom is -0.336 e. The van der Waals surface area contributed by atoms with Crippen molar-refractivity contribution in [2.75, 3.05) is 26.0 Å². The van der Waals surface area contributed by atoms with Crippen LogP contribution < -0.4 is 10.6 Å². The van der Waals surface area contributed by atoms with Crippen molar-refractivity contribution in [3.05, 3.63) is 47.3 Å². The molecule has 2 rings (SSSR count). The first-order valence-corrected chi connectivity index (χ1v) is 7.25. The third kappa shape index (κ3) is 4.08. The van der Waals surface area contributed by atoms with Crippen LogP contribution in [0.25, 0.3) is 0 Å². The minimum absolute atomic E-state index is 0.122. The van der Waals surface area contributed by atoms with Gasteiger partial charge in [0, 0.05) is 6.54 Å². The Balaban J connectivity index is 1.96. The first-order chi connectivity index (χ1) is 10.5. The van der Waals surface area contributed by atoms with Gasteiger partial charge in [0.1, 0.15) is 0 Å². The Labute approximate surface area is 130 Å². The Morgan fingerprint density at radius 3 is 2.50 bits per heavy atom. The van der Waals surface area contributed by atoms with Crippen LogP contribution in [0, 0.1) is 13.8 Å². The van der Waals surface area contributed by atoms with Crippen molar-refractivity contribution >= 4 is 11.7 Å². The summed E-state index contributed by atoms with van der Waals surface area (Å²) in [4.78, 5) is 14.1. The molecule has 1 heterocycles. The molecule has 0 saturated heterocycles. The molecule has 0 aliphatic carbocycles. The van der Waals surface area contributed by atoms with E-state index in [0.29, 0.717) is 12.2 Å². The van der Waals surface area contributed by atoms with Crippen LogP contribution in [0.1, 0.15) is 22.9 Å². The molecule has 0 unspecified atom stereocenters. The van der Waals surface area contributed by atoms with E-state index in [2.05, 4.69) is 56.9 Å². The smallest absolute Gasteiger partial charge is 0.319 e. The van der Waals surface area contributed by atoms with Gasteiger partial charge in [0.2, 0.25) is 0 Å². The summed E-state index contributed by atoms with van der Waals surface area (Å²) < 4.78 is 0. The molecule has 0 saturated carbocycles. The molecule has 118 valence electrons. The van der Waals surface area contributed by atoms with Crippen LogP contribution in [-0.4, -0.2) is 41.8 Å². The minimum atomic E-state index is -0.233. The van der Waals surface area contributed by atoms with Gasteiger partial charge in [0.25, 0.3) is 0 Å². The highest BCUT2D eigenvalue weighted by molar-refractivity contribution is 5.89. The number of hydrogen-bond acceptors (Lipinski definition) is 3. The number of rotatable bonds is 5. The summed E-state index contributed by atoms with van der Waals surface area (Å²) in [6.07, 6.45) is 1.60. The Morgan fingerprint density at radius 1 is 1.27 bits per heavy atom. The first-order valence-electron chi connectivity index (χ1n) is 7.25. The molecule has 0 fully saturated rings. The average molecular weight is 301 g/mol. The van der Waals surface area contributed by atoms with E-state index in [1.807, 2.05) is 21.0 Å². The molecule has 0 radical (unpaired) electrons. The summed E-state index contributed by atoms with van der Waals surface area (Å²) in [7, 11) is 4.01. The SMILES string of the molecule is Cc1ccc([C@@H](CNC(=O)Nc2cn[nH]c2C)N(C)C)cc1. The van der Waals surface area contributed by atoms with E-state index in [4.69, 9.17) is 0 Å². The number of aromatic nitrogens is 2. The molecule has 6 nitrogen and oxygen atoms in total. The number of urea groups is 1. The predicted molar refractivity (Wildman–Crippen MR) is 88.0 cm³/mol. The van der Waals surface area contributed by atoms with Gasteiger partial charge in [-0.15, -0.1) is 0 Å². The molecule has 1 aromatic heterocycles. The highest BCUT2D eigenvalue weighted by Crippen LogP contribution is 2.18. The van der Waals surface area contributed by atoms with E-state index < -0.39 is 0 Å². The van der Waals surface area contributed by atoms with Gasteiger partial charge in [0.15, 0.2) is 0 Å². The standard InChI is InChI=1S/C16H23N5O/c1-11-5-7-13(8-6-11)15(21(3)4)10-17-16(22)19-14-9-18-20-12(14)2/h5-9,15H,10H2,1-4H3,(H,18,20)(H2,17,19,22)/t15-/m1/s1. The second kappa shape index (κ2) is 7.09. The number of amides is 2. The molecule has 6 heteroatoms. The lowest BCUT2D eigenvalue weighted by atomic mass is 10.0. The highest BCUT2D eigenvalue weighted by Gasteiger charge is 2.15. The quantitative estimate of drug-likeness (QED) is 0.794. The Kier molecular flexibility index (Phi) is 5.16. The fourth-order valence-corrected chi connectivity index (χ4v) is 2.22. The van der Waals surface area contributed by atoms with Crippen molar-refractivity contribution < 1.29 is 4.79 Å². The number of anilines is 1. The van der Waals surface area contributed by atoms with Crippen LogP contribution in [0.4, 0.5) is 10.5 Å². The predicted octanol–water partition coefficient (Wildman–Crippen LogP) is 2.45. The van der Waals surface area contributed by atoms with E-state index in [0.717, 1.165) is 5.69 Å². The fourth-order valence-electron chi connectivity index (χ4n) is 2.22. The zero-order chi connectivity index (χ0) is 16.1. The van der Waals surface area contributed by atoms with Crippen molar-refractivity contribution in [3.8, 4) is 0 Å². The van der Waals surface area contributed by atoms with Crippen LogP contribution in [0.5, 0.6) is 0 Å². The van der Waals surface area contributed by atoms with Gasteiger partial charge in [-0.1, -0.05) is 29.8 Å². The zero-order valence-corrected chi connectivity index (χ0v) is 13.5. The number of nitrogens with zero attached hydrogens (tertiary/aromatic N) is 2. The average Bonchev–Trinajstić information content (AvgIpc) is 2.86. The first kappa shape index (κ1) is 16.0. The summed E-state index contributed by atoms with van der Waals surface area (Å²) in [5, 5.41) is 12.4. The molecule has 0 aliphatic rings. The normalized spacial score (nSPS) is 12.2. The number of nitrogens with one attached hydrogen (secondary N) is 3. The van der Waals surface area contributed by atoms with Gasteiger partial charge in [-0.05, 0) is 33.5 Å². The van der Waals surface area contributed by atoms with Gasteiger partial charge in [0.05, 0.1) is 23.6 Å². The third-order valence-electron chi connectivity index (χ3n) is 3.62. The summed E-state index contributed by atoms with van der Waals surface area (Å²) in [5.41, 5.74) is 3.92. The maximum atomic E-state index is 12.0. The molecular formula is C16H23N5O. The molecule has 1 aromatic carbocycles. The van der Waals surface area contributed by atoms with E-state index in [1.54, 1.807) is 6.20 Å². The fraction of sp³-hybridized carbons (Fsp3) is 0.375. The van der Waals surface area contributed by atoms with E-state index >= 15 is 0 Å². The molecule has 2 aromatic rings. The number of aryl methyl sites for hydroxylation is 2. The van der Waals surface area contributed by atoms with Crippen molar-refractivity contribution in [1.82, 2.24) is 20.4 Å². The largest absolute Gasteiger partial charge is 0.336 e. The number of hydrogen-bond donors (Lipinski definition) is 3. The third-order valence-corrected chi connectivity index (χ3v) is 3.62. The highest BCUT2D eigenvalue weighted by atomic mass is 16.2. The van der Waals surface area contributed by atoms with Crippen LogP contribution in [0.15, 0.2) is 30.5 Å². The molecule has 2 amide bonds. The number of carbonyl (C=O) groups excluding carboxylic acids is 1. The van der Waals surface area contributed by atoms with Crippen LogP contribution >= 0.6 is 0 Å². The van der Waals surface area contributed by atoms with Crippen molar-refractivity contribution in [2.45, 2.75) is 19.9 Å². The van der Waals surface area contributed by atoms with Crippen molar-refractivity contribution in [3.63, 3.8) is 0 Å². The number of aromatic amines is 1. The second-order valence-electron chi connectivity index (χ2n) is 5.63. The Morgan fingerprint density at radius 2 is 1.95 bits per heavy atom. The van der Waals surface area contributed by atoms with Gasteiger partial charge in [-0.2, -0.15) is 5.10 Å². The molecular weight excluding hydrogens is 278 g/mol. The summed E-state index contributed by atoms with van der Waals surface area (Å²) in [6.45, 7) is 4.45. The van der Waals surface area contributed by atoms with Gasteiger partial charge in [-0.25, -0.2) is 4.79 Å². The van der Waals surface area contributed by atoms with E-state index in [-0.39, 0.29) is 12.1 Å². The lowest BCUT2D eigenvalue weighted by Crippen LogP contribution is -2.36. The molecule has 0 bridgehead atoms. The molecule has 0 aliphatic heterocycles. The lowest BCUT2D eigenvalue weighted by Gasteiger charge is -2.25. The monoisotopic (exact) mass is 301 g/mol. The number of H-pyrrole nitrogens is 1. The maximum Gasteiger partial charge on any atom is 0.319 e. The molecule has 3 N–H and O–H groups in total. The van der Waals surface area contributed by atoms with Gasteiger partial charge >= 0.3 is 6.03 Å². The summed E-state index contributed by atoms with van der Waals surface area (Å²) >= 11 is 0. The second-order valence-corrected chi connectivity index (χ2v) is 5.63.